The lowest BCUT2D eigenvalue weighted by atomic mass is 9.93. The molecule has 0 unspecified atom stereocenters. The molecule has 4 nitrogen and oxygen atoms in total. The molecule has 0 aliphatic carbocycles. The van der Waals surface area contributed by atoms with Crippen LogP contribution in [0.15, 0.2) is 78.9 Å². The summed E-state index contributed by atoms with van der Waals surface area (Å²) in [4.78, 5) is 0. The molecular weight excluding hydrogens is 423 g/mol. The molecule has 0 bridgehead atoms. The van der Waals surface area contributed by atoms with Gasteiger partial charge < -0.3 is 5.73 Å². The molecule has 3 N–H and O–H groups in total. The predicted molar refractivity (Wildman–Crippen MR) is 113 cm³/mol. The van der Waals surface area contributed by atoms with Crippen molar-refractivity contribution < 1.29 is 26.1 Å². The third kappa shape index (κ3) is 6.90. The van der Waals surface area contributed by atoms with Gasteiger partial charge in [-0.05, 0) is 33.9 Å². The Hall–Kier alpha value is -2.33. The Morgan fingerprint density at radius 3 is 1.59 bits per heavy atom. The van der Waals surface area contributed by atoms with Crippen molar-refractivity contribution >= 4 is 23.6 Å². The van der Waals surface area contributed by atoms with Gasteiger partial charge in [0, 0.05) is 6.54 Å². The Labute approximate surface area is 174 Å². The van der Waals surface area contributed by atoms with E-state index < -0.39 is 15.6 Å². The summed E-state index contributed by atoms with van der Waals surface area (Å²) in [7, 11) is -5.84. The van der Waals surface area contributed by atoms with E-state index in [-0.39, 0.29) is 13.5 Å². The first-order valence-electron chi connectivity index (χ1n) is 8.11. The van der Waals surface area contributed by atoms with Crippen LogP contribution in [0.5, 0.6) is 0 Å². The van der Waals surface area contributed by atoms with Crippen LogP contribution in [0.1, 0.15) is 5.56 Å². The fourth-order valence-corrected chi connectivity index (χ4v) is 2.44. The van der Waals surface area contributed by atoms with E-state index in [9.17, 15) is 13.2 Å². The van der Waals surface area contributed by atoms with Crippen molar-refractivity contribution in [1.82, 2.24) is 0 Å². The quantitative estimate of drug-likeness (QED) is 0.442. The molecule has 0 aliphatic heterocycles. The van der Waals surface area contributed by atoms with E-state index in [0.29, 0.717) is 6.54 Å². The van der Waals surface area contributed by atoms with Crippen molar-refractivity contribution in [1.29, 1.82) is 0 Å². The number of benzene rings is 3. The number of rotatable bonds is 3. The lowest BCUT2D eigenvalue weighted by molar-refractivity contribution is -0.0510. The van der Waals surface area contributed by atoms with Gasteiger partial charge in [0.05, 0.1) is 0 Å². The van der Waals surface area contributed by atoms with Crippen molar-refractivity contribution in [3.05, 3.63) is 84.4 Å². The number of nitrogens with two attached hydrogens (primary N) is 1. The maximum atomic E-state index is 10.7. The van der Waals surface area contributed by atoms with Crippen LogP contribution in [-0.4, -0.2) is 18.5 Å². The SMILES string of the molecule is NCc1ccc(-c2ccccc2)c(-c2ccccc2)c1.O=S(=O)(O)C(F)(F)F.S. The van der Waals surface area contributed by atoms with Crippen LogP contribution in [0, 0.1) is 0 Å². The number of hydrogen-bond acceptors (Lipinski definition) is 3. The third-order valence-electron chi connectivity index (χ3n) is 3.78. The molecule has 0 heterocycles. The van der Waals surface area contributed by atoms with Gasteiger partial charge in [0.25, 0.3) is 0 Å². The van der Waals surface area contributed by atoms with Gasteiger partial charge in [-0.15, -0.1) is 0 Å². The second kappa shape index (κ2) is 10.4. The van der Waals surface area contributed by atoms with Crippen LogP contribution < -0.4 is 5.73 Å². The Morgan fingerprint density at radius 1 is 0.793 bits per heavy atom. The molecular formula is C20H20F3NO3S2. The van der Waals surface area contributed by atoms with E-state index in [4.69, 9.17) is 18.7 Å². The standard InChI is InChI=1S/C19H17N.CHF3O3S.H2S/c20-14-15-11-12-18(16-7-3-1-4-8-16)19(13-15)17-9-5-2-6-10-17;2-1(3,4)8(5,6)7;/h1-13H,14,20H2;(H,5,6,7);1H2. The molecule has 9 heteroatoms. The summed E-state index contributed by atoms with van der Waals surface area (Å²) in [5.74, 6) is 0. The van der Waals surface area contributed by atoms with Gasteiger partial charge in [-0.2, -0.15) is 35.1 Å². The van der Waals surface area contributed by atoms with Crippen molar-refractivity contribution in [2.75, 3.05) is 0 Å². The van der Waals surface area contributed by atoms with Crippen molar-refractivity contribution in [2.45, 2.75) is 12.1 Å². The number of hydrogen-bond donors (Lipinski definition) is 2. The molecule has 0 aromatic heterocycles. The molecule has 0 atom stereocenters. The van der Waals surface area contributed by atoms with Gasteiger partial charge in [0.2, 0.25) is 0 Å². The highest BCUT2D eigenvalue weighted by Crippen LogP contribution is 2.32. The van der Waals surface area contributed by atoms with E-state index in [0.717, 1.165) is 5.56 Å². The molecule has 3 rings (SSSR count). The topological polar surface area (TPSA) is 80.4 Å². The highest BCUT2D eigenvalue weighted by Gasteiger charge is 2.44. The van der Waals surface area contributed by atoms with Crippen molar-refractivity contribution in [3.8, 4) is 22.3 Å². The zero-order valence-corrected chi connectivity index (χ0v) is 16.9. The van der Waals surface area contributed by atoms with Gasteiger partial charge in [0.1, 0.15) is 0 Å². The predicted octanol–water partition coefficient (Wildman–Crippen LogP) is 4.99. The van der Waals surface area contributed by atoms with Crippen LogP contribution in [0.25, 0.3) is 22.3 Å². The molecule has 0 amide bonds. The van der Waals surface area contributed by atoms with E-state index in [1.54, 1.807) is 0 Å². The average molecular weight is 444 g/mol. The molecule has 0 fully saturated rings. The number of alkyl halides is 3. The Kier molecular flexibility index (Phi) is 8.90. The molecule has 0 saturated carbocycles. The summed E-state index contributed by atoms with van der Waals surface area (Å²) in [6.07, 6.45) is 0. The van der Waals surface area contributed by atoms with Crippen molar-refractivity contribution in [2.24, 2.45) is 5.73 Å². The molecule has 0 radical (unpaired) electrons. The minimum Gasteiger partial charge on any atom is -0.326 e. The Balaban J connectivity index is 0.000000403. The lowest BCUT2D eigenvalue weighted by Crippen LogP contribution is -2.21. The molecule has 0 aliphatic rings. The summed E-state index contributed by atoms with van der Waals surface area (Å²) in [5.41, 5.74) is 6.34. The van der Waals surface area contributed by atoms with Crippen LogP contribution in [-0.2, 0) is 16.7 Å². The van der Waals surface area contributed by atoms with Crippen LogP contribution in [0.4, 0.5) is 13.2 Å². The highest BCUT2D eigenvalue weighted by molar-refractivity contribution is 7.86. The maximum Gasteiger partial charge on any atom is 0.522 e. The van der Waals surface area contributed by atoms with Gasteiger partial charge in [-0.25, -0.2) is 0 Å². The first-order valence-corrected chi connectivity index (χ1v) is 9.55. The smallest absolute Gasteiger partial charge is 0.326 e. The van der Waals surface area contributed by atoms with E-state index in [1.165, 1.54) is 22.3 Å². The summed E-state index contributed by atoms with van der Waals surface area (Å²) in [6.45, 7) is 0.564. The molecule has 29 heavy (non-hydrogen) atoms. The van der Waals surface area contributed by atoms with Crippen LogP contribution in [0.2, 0.25) is 0 Å². The second-order valence-electron chi connectivity index (χ2n) is 5.74. The van der Waals surface area contributed by atoms with Gasteiger partial charge in [-0.1, -0.05) is 72.8 Å². The Bertz CT molecular complexity index is 1010. The summed E-state index contributed by atoms with van der Waals surface area (Å²) >= 11 is 0. The normalized spacial score (nSPS) is 11.1. The number of halogens is 3. The zero-order valence-electron chi connectivity index (χ0n) is 15.1. The minimum atomic E-state index is -5.84. The molecule has 0 spiro atoms. The van der Waals surface area contributed by atoms with Crippen LogP contribution >= 0.6 is 13.5 Å². The fraction of sp³-hybridized carbons (Fsp3) is 0.100. The fourth-order valence-electron chi connectivity index (χ4n) is 2.44. The maximum absolute atomic E-state index is 10.7. The van der Waals surface area contributed by atoms with Crippen LogP contribution in [0.3, 0.4) is 0 Å². The monoisotopic (exact) mass is 443 g/mol. The Morgan fingerprint density at radius 2 is 1.21 bits per heavy atom. The molecule has 3 aromatic rings. The van der Waals surface area contributed by atoms with Gasteiger partial charge >= 0.3 is 15.6 Å². The summed E-state index contributed by atoms with van der Waals surface area (Å²) in [5, 5.41) is 0. The van der Waals surface area contributed by atoms with E-state index >= 15 is 0 Å². The molecule has 156 valence electrons. The molecule has 3 aromatic carbocycles. The summed E-state index contributed by atoms with van der Waals surface area (Å²) in [6, 6.07) is 27.4. The third-order valence-corrected chi connectivity index (χ3v) is 4.37. The van der Waals surface area contributed by atoms with Gasteiger partial charge in [0.15, 0.2) is 0 Å². The largest absolute Gasteiger partial charge is 0.522 e. The first kappa shape index (κ1) is 24.7. The first-order chi connectivity index (χ1) is 13.1. The second-order valence-corrected chi connectivity index (χ2v) is 7.15. The van der Waals surface area contributed by atoms with E-state index in [2.05, 4.69) is 66.7 Å². The minimum absolute atomic E-state index is 0. The molecule has 0 saturated heterocycles. The zero-order chi connectivity index (χ0) is 20.8. The lowest BCUT2D eigenvalue weighted by Gasteiger charge is -2.12. The average Bonchev–Trinajstić information content (AvgIpc) is 2.68. The van der Waals surface area contributed by atoms with Gasteiger partial charge in [-0.3, -0.25) is 4.55 Å². The summed E-state index contributed by atoms with van der Waals surface area (Å²) < 4.78 is 57.5. The van der Waals surface area contributed by atoms with Crippen molar-refractivity contribution in [3.63, 3.8) is 0 Å². The highest BCUT2D eigenvalue weighted by atomic mass is 32.2. The van der Waals surface area contributed by atoms with E-state index in [1.807, 2.05) is 12.1 Å².